The Hall–Kier alpha value is -1.23. The number of hydrogen-bond donors (Lipinski definition) is 2. The molecule has 19 heavy (non-hydrogen) atoms. The second-order valence-corrected chi connectivity index (χ2v) is 7.15. The van der Waals surface area contributed by atoms with Gasteiger partial charge >= 0.3 is 0 Å². The van der Waals surface area contributed by atoms with Gasteiger partial charge in [-0.25, -0.2) is 8.42 Å². The Morgan fingerprint density at radius 3 is 2.32 bits per heavy atom. The van der Waals surface area contributed by atoms with Crippen LogP contribution in [0.3, 0.4) is 0 Å². The van der Waals surface area contributed by atoms with Crippen LogP contribution in [0, 0.1) is 5.92 Å². The lowest BCUT2D eigenvalue weighted by atomic mass is 9.99. The van der Waals surface area contributed by atoms with Gasteiger partial charge in [0.15, 0.2) is 0 Å². The maximum absolute atomic E-state index is 11.4. The van der Waals surface area contributed by atoms with Gasteiger partial charge in [0.2, 0.25) is 10.0 Å². The molecule has 2 N–H and O–H groups in total. The molecule has 1 fully saturated rings. The largest absolute Gasteiger partial charge is 0.381 e. The van der Waals surface area contributed by atoms with Crippen LogP contribution in [0.15, 0.2) is 24.3 Å². The SMILES string of the molecule is CC(Nc1ccccc1NS(C)(=O)=O)C1CCCC1. The first-order chi connectivity index (χ1) is 8.96. The second kappa shape index (κ2) is 5.82. The van der Waals surface area contributed by atoms with Gasteiger partial charge in [0, 0.05) is 6.04 Å². The van der Waals surface area contributed by atoms with E-state index >= 15 is 0 Å². The van der Waals surface area contributed by atoms with E-state index in [1.807, 2.05) is 18.2 Å². The summed E-state index contributed by atoms with van der Waals surface area (Å²) in [6, 6.07) is 7.81. The van der Waals surface area contributed by atoms with E-state index in [1.165, 1.54) is 31.9 Å². The predicted molar refractivity (Wildman–Crippen MR) is 80.0 cm³/mol. The van der Waals surface area contributed by atoms with Gasteiger partial charge in [-0.05, 0) is 37.8 Å². The topological polar surface area (TPSA) is 58.2 Å². The van der Waals surface area contributed by atoms with Crippen molar-refractivity contribution in [3.8, 4) is 0 Å². The first-order valence-electron chi connectivity index (χ1n) is 6.79. The molecule has 0 spiro atoms. The van der Waals surface area contributed by atoms with Gasteiger partial charge in [0.25, 0.3) is 0 Å². The first-order valence-corrected chi connectivity index (χ1v) is 8.68. The average Bonchev–Trinajstić information content (AvgIpc) is 2.83. The summed E-state index contributed by atoms with van der Waals surface area (Å²) in [6.07, 6.45) is 6.30. The molecule has 1 unspecified atom stereocenters. The number of para-hydroxylation sites is 2. The Labute approximate surface area is 115 Å². The van der Waals surface area contributed by atoms with Gasteiger partial charge in [-0.15, -0.1) is 0 Å². The van der Waals surface area contributed by atoms with Crippen LogP contribution in [0.5, 0.6) is 0 Å². The Kier molecular flexibility index (Phi) is 4.34. The van der Waals surface area contributed by atoms with Crippen molar-refractivity contribution in [1.82, 2.24) is 0 Å². The molecular formula is C14H22N2O2S. The molecule has 0 saturated heterocycles. The molecule has 1 aromatic carbocycles. The highest BCUT2D eigenvalue weighted by Gasteiger charge is 2.22. The van der Waals surface area contributed by atoms with Crippen molar-refractivity contribution in [3.05, 3.63) is 24.3 Å². The van der Waals surface area contributed by atoms with E-state index in [2.05, 4.69) is 17.0 Å². The zero-order chi connectivity index (χ0) is 13.9. The highest BCUT2D eigenvalue weighted by Crippen LogP contribution is 2.31. The zero-order valence-corrected chi connectivity index (χ0v) is 12.3. The summed E-state index contributed by atoms with van der Waals surface area (Å²) < 4.78 is 25.3. The zero-order valence-electron chi connectivity index (χ0n) is 11.5. The summed E-state index contributed by atoms with van der Waals surface area (Å²) >= 11 is 0. The second-order valence-electron chi connectivity index (χ2n) is 5.40. The Bertz CT molecular complexity index is 522. The van der Waals surface area contributed by atoms with Gasteiger partial charge in [0.1, 0.15) is 0 Å². The third-order valence-corrected chi connectivity index (χ3v) is 4.30. The fourth-order valence-electron chi connectivity index (χ4n) is 2.72. The molecule has 1 aliphatic carbocycles. The van der Waals surface area contributed by atoms with Gasteiger partial charge in [-0.2, -0.15) is 0 Å². The molecule has 0 heterocycles. The molecule has 106 valence electrons. The van der Waals surface area contributed by atoms with E-state index in [1.54, 1.807) is 6.07 Å². The number of nitrogens with one attached hydrogen (secondary N) is 2. The molecule has 5 heteroatoms. The minimum absolute atomic E-state index is 0.366. The number of rotatable bonds is 5. The average molecular weight is 282 g/mol. The van der Waals surface area contributed by atoms with Crippen LogP contribution in [0.2, 0.25) is 0 Å². The van der Waals surface area contributed by atoms with Crippen molar-refractivity contribution in [2.45, 2.75) is 38.6 Å². The Morgan fingerprint density at radius 1 is 1.16 bits per heavy atom. The standard InChI is InChI=1S/C14H22N2O2S/c1-11(12-7-3-4-8-12)15-13-9-5-6-10-14(13)16-19(2,17)18/h5-6,9-12,15-16H,3-4,7-8H2,1-2H3. The van der Waals surface area contributed by atoms with Gasteiger partial charge in [-0.3, -0.25) is 4.72 Å². The van der Waals surface area contributed by atoms with Crippen LogP contribution >= 0.6 is 0 Å². The highest BCUT2D eigenvalue weighted by molar-refractivity contribution is 7.92. The Balaban J connectivity index is 2.11. The van der Waals surface area contributed by atoms with E-state index in [4.69, 9.17) is 0 Å². The van der Waals surface area contributed by atoms with E-state index in [-0.39, 0.29) is 0 Å². The van der Waals surface area contributed by atoms with Gasteiger partial charge in [0.05, 0.1) is 17.6 Å². The third-order valence-electron chi connectivity index (χ3n) is 3.71. The Morgan fingerprint density at radius 2 is 1.74 bits per heavy atom. The lowest BCUT2D eigenvalue weighted by molar-refractivity contribution is 0.482. The molecule has 1 saturated carbocycles. The molecule has 1 aromatic rings. The lowest BCUT2D eigenvalue weighted by Gasteiger charge is -2.23. The summed E-state index contributed by atoms with van der Waals surface area (Å²) in [5.41, 5.74) is 1.47. The van der Waals surface area contributed by atoms with Crippen molar-refractivity contribution < 1.29 is 8.42 Å². The number of sulfonamides is 1. The molecule has 0 amide bonds. The van der Waals surface area contributed by atoms with Crippen molar-refractivity contribution in [2.24, 2.45) is 5.92 Å². The minimum Gasteiger partial charge on any atom is -0.381 e. The van der Waals surface area contributed by atoms with E-state index < -0.39 is 10.0 Å². The molecule has 1 atom stereocenters. The van der Waals surface area contributed by atoms with E-state index in [0.717, 1.165) is 5.69 Å². The quantitative estimate of drug-likeness (QED) is 0.872. The molecule has 2 rings (SSSR count). The summed E-state index contributed by atoms with van der Waals surface area (Å²) in [4.78, 5) is 0. The van der Waals surface area contributed by atoms with Crippen LogP contribution in [0.25, 0.3) is 0 Å². The molecule has 0 bridgehead atoms. The fourth-order valence-corrected chi connectivity index (χ4v) is 3.30. The maximum atomic E-state index is 11.4. The first kappa shape index (κ1) is 14.2. The molecule has 4 nitrogen and oxygen atoms in total. The number of benzene rings is 1. The molecule has 1 aliphatic rings. The fraction of sp³-hybridized carbons (Fsp3) is 0.571. The highest BCUT2D eigenvalue weighted by atomic mass is 32.2. The van der Waals surface area contributed by atoms with Crippen molar-refractivity contribution >= 4 is 21.4 Å². The molecule has 0 aromatic heterocycles. The van der Waals surface area contributed by atoms with Crippen molar-refractivity contribution in [3.63, 3.8) is 0 Å². The maximum Gasteiger partial charge on any atom is 0.229 e. The molecule has 0 radical (unpaired) electrons. The normalized spacial score (nSPS) is 18.2. The smallest absolute Gasteiger partial charge is 0.229 e. The molecule has 0 aliphatic heterocycles. The van der Waals surface area contributed by atoms with Crippen LogP contribution in [-0.4, -0.2) is 20.7 Å². The summed E-state index contributed by atoms with van der Waals surface area (Å²) in [5, 5.41) is 3.45. The van der Waals surface area contributed by atoms with Crippen LogP contribution < -0.4 is 10.0 Å². The number of hydrogen-bond acceptors (Lipinski definition) is 3. The molecular weight excluding hydrogens is 260 g/mol. The lowest BCUT2D eigenvalue weighted by Crippen LogP contribution is -2.24. The van der Waals surface area contributed by atoms with Gasteiger partial charge in [-0.1, -0.05) is 25.0 Å². The predicted octanol–water partition coefficient (Wildman–Crippen LogP) is 3.05. The van der Waals surface area contributed by atoms with Crippen molar-refractivity contribution in [1.29, 1.82) is 0 Å². The summed E-state index contributed by atoms with van der Waals surface area (Å²) in [7, 11) is -3.24. The van der Waals surface area contributed by atoms with Gasteiger partial charge < -0.3 is 5.32 Å². The third kappa shape index (κ3) is 4.13. The van der Waals surface area contributed by atoms with E-state index in [0.29, 0.717) is 17.6 Å². The van der Waals surface area contributed by atoms with Crippen LogP contribution in [0.1, 0.15) is 32.6 Å². The summed E-state index contributed by atoms with van der Waals surface area (Å²) in [6.45, 7) is 2.17. The monoisotopic (exact) mass is 282 g/mol. The minimum atomic E-state index is -3.24. The number of anilines is 2. The van der Waals surface area contributed by atoms with Crippen molar-refractivity contribution in [2.75, 3.05) is 16.3 Å². The van der Waals surface area contributed by atoms with Crippen LogP contribution in [0.4, 0.5) is 11.4 Å². The summed E-state index contributed by atoms with van der Waals surface area (Å²) in [5.74, 6) is 0.686. The van der Waals surface area contributed by atoms with Crippen LogP contribution in [-0.2, 0) is 10.0 Å². The van der Waals surface area contributed by atoms with E-state index in [9.17, 15) is 8.42 Å².